The summed E-state index contributed by atoms with van der Waals surface area (Å²) in [4.78, 5) is 4.06. The van der Waals surface area contributed by atoms with Gasteiger partial charge in [-0.05, 0) is 37.8 Å². The molecule has 1 saturated carbocycles. The zero-order valence-electron chi connectivity index (χ0n) is 12.9. The normalized spacial score (nSPS) is 22.0. The number of aromatic nitrogens is 2. The van der Waals surface area contributed by atoms with Crippen LogP contribution in [0.1, 0.15) is 56.6 Å². The van der Waals surface area contributed by atoms with Crippen molar-refractivity contribution in [1.82, 2.24) is 9.55 Å². The zero-order valence-corrected chi connectivity index (χ0v) is 12.9. The van der Waals surface area contributed by atoms with Gasteiger partial charge in [-0.15, -0.1) is 0 Å². The first-order valence-electron chi connectivity index (χ1n) is 8.28. The maximum Gasteiger partial charge on any atom is 0.133 e. The van der Waals surface area contributed by atoms with Gasteiger partial charge in [0.15, 0.2) is 0 Å². The molecule has 0 N–H and O–H groups in total. The van der Waals surface area contributed by atoms with Crippen LogP contribution in [0, 0.1) is 11.6 Å². The lowest BCUT2D eigenvalue weighted by Gasteiger charge is -2.30. The predicted molar refractivity (Wildman–Crippen MR) is 81.9 cm³/mol. The summed E-state index contributed by atoms with van der Waals surface area (Å²) >= 11 is 0. The van der Waals surface area contributed by atoms with Crippen molar-refractivity contribution in [2.75, 3.05) is 0 Å². The Hall–Kier alpha value is -1.78. The number of benzene rings is 1. The van der Waals surface area contributed by atoms with Crippen molar-refractivity contribution in [1.29, 1.82) is 0 Å². The molecule has 0 amide bonds. The van der Waals surface area contributed by atoms with Crippen molar-refractivity contribution >= 4 is 0 Å². The Labute approximate surface area is 133 Å². The molecule has 1 aromatic carbocycles. The van der Waals surface area contributed by atoms with Crippen LogP contribution in [-0.4, -0.2) is 15.2 Å². The SMILES string of the molecule is Fc1ccc(F)c2c1-c1cncn1C2CCC1(F)CCCCC1. The minimum absolute atomic E-state index is 0.282. The largest absolute Gasteiger partial charge is 0.323 e. The second kappa shape index (κ2) is 5.39. The second-order valence-corrected chi connectivity index (χ2v) is 6.77. The fourth-order valence-corrected chi connectivity index (χ4v) is 4.15. The molecule has 0 spiro atoms. The predicted octanol–water partition coefficient (Wildman–Crippen LogP) is 5.18. The first kappa shape index (κ1) is 14.8. The van der Waals surface area contributed by atoms with Gasteiger partial charge >= 0.3 is 0 Å². The number of halogens is 3. The molecule has 1 fully saturated rings. The molecule has 0 saturated heterocycles. The molecule has 0 bridgehead atoms. The number of nitrogens with zero attached hydrogens (tertiary/aromatic N) is 2. The molecule has 1 aliphatic carbocycles. The van der Waals surface area contributed by atoms with Crippen molar-refractivity contribution in [3.05, 3.63) is 41.9 Å². The molecule has 2 nitrogen and oxygen atoms in total. The van der Waals surface area contributed by atoms with E-state index in [9.17, 15) is 13.2 Å². The van der Waals surface area contributed by atoms with Gasteiger partial charge in [0.05, 0.1) is 24.3 Å². The van der Waals surface area contributed by atoms with E-state index in [1.165, 1.54) is 0 Å². The standard InChI is InChI=1S/C18H19F3N2/c19-12-4-5-13(20)17-15-10-22-11-23(15)14(16(12)17)6-9-18(21)7-2-1-3-8-18/h4-5,10-11,14H,1-3,6-9H2. The molecule has 1 aliphatic heterocycles. The quantitative estimate of drug-likeness (QED) is 0.761. The Bertz CT molecular complexity index is 732. The molecule has 1 unspecified atom stereocenters. The highest BCUT2D eigenvalue weighted by molar-refractivity contribution is 5.70. The van der Waals surface area contributed by atoms with Crippen molar-refractivity contribution in [2.45, 2.75) is 56.7 Å². The molecule has 1 atom stereocenters. The van der Waals surface area contributed by atoms with Gasteiger partial charge in [-0.25, -0.2) is 18.2 Å². The average molecular weight is 320 g/mol. The van der Waals surface area contributed by atoms with Crippen LogP contribution in [0.25, 0.3) is 11.3 Å². The first-order valence-corrected chi connectivity index (χ1v) is 8.28. The van der Waals surface area contributed by atoms with E-state index < -0.39 is 17.3 Å². The second-order valence-electron chi connectivity index (χ2n) is 6.77. The van der Waals surface area contributed by atoms with Gasteiger partial charge in [0.1, 0.15) is 17.3 Å². The van der Waals surface area contributed by atoms with Gasteiger partial charge in [0.2, 0.25) is 0 Å². The van der Waals surface area contributed by atoms with Gasteiger partial charge in [0, 0.05) is 11.1 Å². The topological polar surface area (TPSA) is 17.8 Å². The number of alkyl halides is 1. The summed E-state index contributed by atoms with van der Waals surface area (Å²) in [6, 6.07) is 1.94. The van der Waals surface area contributed by atoms with Gasteiger partial charge in [-0.3, -0.25) is 0 Å². The highest BCUT2D eigenvalue weighted by Crippen LogP contribution is 2.46. The van der Waals surface area contributed by atoms with E-state index in [4.69, 9.17) is 0 Å². The third-order valence-electron chi connectivity index (χ3n) is 5.35. The summed E-state index contributed by atoms with van der Waals surface area (Å²) in [5.41, 5.74) is 0.0513. The van der Waals surface area contributed by atoms with Crippen LogP contribution >= 0.6 is 0 Å². The summed E-state index contributed by atoms with van der Waals surface area (Å²) in [5, 5.41) is 0. The van der Waals surface area contributed by atoms with Gasteiger partial charge < -0.3 is 4.57 Å². The number of hydrogen-bond donors (Lipinski definition) is 0. The van der Waals surface area contributed by atoms with Gasteiger partial charge in [0.25, 0.3) is 0 Å². The average Bonchev–Trinajstić information content (AvgIpc) is 3.11. The molecule has 2 aromatic rings. The van der Waals surface area contributed by atoms with E-state index in [1.54, 1.807) is 17.1 Å². The van der Waals surface area contributed by atoms with Crippen molar-refractivity contribution in [2.24, 2.45) is 0 Å². The van der Waals surface area contributed by atoms with Crippen LogP contribution in [-0.2, 0) is 0 Å². The van der Waals surface area contributed by atoms with Crippen LogP contribution in [0.4, 0.5) is 13.2 Å². The third-order valence-corrected chi connectivity index (χ3v) is 5.35. The molecule has 4 rings (SSSR count). The maximum atomic E-state index is 14.9. The number of fused-ring (bicyclic) bond motifs is 3. The monoisotopic (exact) mass is 320 g/mol. The summed E-state index contributed by atoms with van der Waals surface area (Å²) in [7, 11) is 0. The summed E-state index contributed by atoms with van der Waals surface area (Å²) in [5.74, 6) is -0.870. The molecular formula is C18H19F3N2. The summed E-state index contributed by atoms with van der Waals surface area (Å²) in [6.45, 7) is 0. The lowest BCUT2D eigenvalue weighted by atomic mass is 9.82. The van der Waals surface area contributed by atoms with Crippen molar-refractivity contribution in [3.8, 4) is 11.3 Å². The Morgan fingerprint density at radius 3 is 2.65 bits per heavy atom. The van der Waals surface area contributed by atoms with Crippen LogP contribution in [0.5, 0.6) is 0 Å². The fraction of sp³-hybridized carbons (Fsp3) is 0.500. The third kappa shape index (κ3) is 2.37. The van der Waals surface area contributed by atoms with Crippen LogP contribution in [0.15, 0.2) is 24.7 Å². The van der Waals surface area contributed by atoms with E-state index in [1.807, 2.05) is 0 Å². The van der Waals surface area contributed by atoms with Gasteiger partial charge in [-0.2, -0.15) is 0 Å². The van der Waals surface area contributed by atoms with Crippen LogP contribution in [0.3, 0.4) is 0 Å². The Morgan fingerprint density at radius 1 is 1.13 bits per heavy atom. The number of imidazole rings is 1. The van der Waals surface area contributed by atoms with Gasteiger partial charge in [-0.1, -0.05) is 19.3 Å². The van der Waals surface area contributed by atoms with E-state index >= 15 is 0 Å². The molecule has 0 radical (unpaired) electrons. The smallest absolute Gasteiger partial charge is 0.133 e. The first-order chi connectivity index (χ1) is 11.1. The maximum absolute atomic E-state index is 14.9. The minimum Gasteiger partial charge on any atom is -0.323 e. The van der Waals surface area contributed by atoms with Crippen molar-refractivity contribution in [3.63, 3.8) is 0 Å². The molecular weight excluding hydrogens is 301 g/mol. The molecule has 122 valence electrons. The number of hydrogen-bond acceptors (Lipinski definition) is 1. The van der Waals surface area contributed by atoms with Crippen LogP contribution < -0.4 is 0 Å². The molecule has 5 heteroatoms. The van der Waals surface area contributed by atoms with E-state index in [0.29, 0.717) is 36.9 Å². The summed E-state index contributed by atoms with van der Waals surface area (Å²) in [6.07, 6.45) is 8.05. The van der Waals surface area contributed by atoms with Crippen molar-refractivity contribution < 1.29 is 13.2 Å². The lowest BCUT2D eigenvalue weighted by Crippen LogP contribution is -2.27. The minimum atomic E-state index is -1.16. The Morgan fingerprint density at radius 2 is 1.87 bits per heavy atom. The molecule has 1 aromatic heterocycles. The lowest BCUT2D eigenvalue weighted by molar-refractivity contribution is 0.0901. The Balaban J connectivity index is 1.66. The van der Waals surface area contributed by atoms with E-state index in [-0.39, 0.29) is 11.6 Å². The molecule has 2 aliphatic rings. The van der Waals surface area contributed by atoms with E-state index in [0.717, 1.165) is 31.4 Å². The molecule has 2 heterocycles. The van der Waals surface area contributed by atoms with E-state index in [2.05, 4.69) is 4.98 Å². The highest BCUT2D eigenvalue weighted by atomic mass is 19.1. The van der Waals surface area contributed by atoms with Crippen LogP contribution in [0.2, 0.25) is 0 Å². The molecule has 23 heavy (non-hydrogen) atoms. The number of rotatable bonds is 3. The highest BCUT2D eigenvalue weighted by Gasteiger charge is 2.37. The zero-order chi connectivity index (χ0) is 16.0. The Kier molecular flexibility index (Phi) is 3.47. The summed E-state index contributed by atoms with van der Waals surface area (Å²) < 4.78 is 45.2. The fourth-order valence-electron chi connectivity index (χ4n) is 4.15.